The lowest BCUT2D eigenvalue weighted by molar-refractivity contribution is -0.108. The van der Waals surface area contributed by atoms with E-state index < -0.39 is 0 Å². The number of allylic oxidation sites excluding steroid dienone is 4. The summed E-state index contributed by atoms with van der Waals surface area (Å²) >= 11 is 0. The summed E-state index contributed by atoms with van der Waals surface area (Å²) in [4.78, 5) is 10.4. The standard InChI is InChI=1S/C11H16O/c1-3-5-10(4-2)11(6-7-11)8-9-12/h3-5,9H,6-8H2,1-2H3. The van der Waals surface area contributed by atoms with Gasteiger partial charge in [0.15, 0.2) is 0 Å². The monoisotopic (exact) mass is 164 g/mol. The lowest BCUT2D eigenvalue weighted by Crippen LogP contribution is -2.03. The molecule has 0 bridgehead atoms. The maximum Gasteiger partial charge on any atom is 0.120 e. The molecular formula is C11H16O. The number of carbonyl (C=O) groups is 1. The van der Waals surface area contributed by atoms with Crippen molar-refractivity contribution in [3.05, 3.63) is 23.8 Å². The van der Waals surface area contributed by atoms with E-state index in [1.54, 1.807) is 0 Å². The summed E-state index contributed by atoms with van der Waals surface area (Å²) in [6.07, 6.45) is 10.4. The lowest BCUT2D eigenvalue weighted by Gasteiger charge is -2.12. The van der Waals surface area contributed by atoms with E-state index in [4.69, 9.17) is 0 Å². The fraction of sp³-hybridized carbons (Fsp3) is 0.545. The Hall–Kier alpha value is -0.850. The minimum atomic E-state index is 0.225. The van der Waals surface area contributed by atoms with Gasteiger partial charge in [-0.3, -0.25) is 0 Å². The van der Waals surface area contributed by atoms with E-state index in [1.165, 1.54) is 18.4 Å². The van der Waals surface area contributed by atoms with E-state index in [9.17, 15) is 4.79 Å². The van der Waals surface area contributed by atoms with E-state index in [0.29, 0.717) is 6.42 Å². The van der Waals surface area contributed by atoms with Gasteiger partial charge in [-0.1, -0.05) is 18.2 Å². The molecule has 0 atom stereocenters. The first-order chi connectivity index (χ1) is 5.79. The summed E-state index contributed by atoms with van der Waals surface area (Å²) in [7, 11) is 0. The molecule has 0 saturated heterocycles. The highest BCUT2D eigenvalue weighted by molar-refractivity contribution is 5.55. The van der Waals surface area contributed by atoms with Crippen molar-refractivity contribution in [2.24, 2.45) is 5.41 Å². The summed E-state index contributed by atoms with van der Waals surface area (Å²) in [5.74, 6) is 0. The molecule has 0 aliphatic heterocycles. The molecule has 1 nitrogen and oxygen atoms in total. The van der Waals surface area contributed by atoms with Crippen LogP contribution in [0, 0.1) is 5.41 Å². The molecule has 0 aromatic carbocycles. The molecule has 0 amide bonds. The van der Waals surface area contributed by atoms with E-state index in [-0.39, 0.29) is 5.41 Å². The van der Waals surface area contributed by atoms with Crippen molar-refractivity contribution in [2.75, 3.05) is 0 Å². The van der Waals surface area contributed by atoms with Crippen LogP contribution in [0.5, 0.6) is 0 Å². The van der Waals surface area contributed by atoms with Gasteiger partial charge in [-0.2, -0.15) is 0 Å². The van der Waals surface area contributed by atoms with Gasteiger partial charge in [0, 0.05) is 11.8 Å². The average Bonchev–Trinajstić information content (AvgIpc) is 2.82. The van der Waals surface area contributed by atoms with Crippen LogP contribution < -0.4 is 0 Å². The quantitative estimate of drug-likeness (QED) is 0.461. The van der Waals surface area contributed by atoms with Crippen LogP contribution in [0.3, 0.4) is 0 Å². The molecule has 0 heterocycles. The van der Waals surface area contributed by atoms with Gasteiger partial charge < -0.3 is 4.79 Å². The predicted molar refractivity (Wildman–Crippen MR) is 50.9 cm³/mol. The molecule has 0 unspecified atom stereocenters. The third-order valence-corrected chi connectivity index (χ3v) is 2.60. The van der Waals surface area contributed by atoms with Crippen LogP contribution >= 0.6 is 0 Å². The molecule has 1 aliphatic rings. The normalized spacial score (nSPS) is 21.3. The molecule has 66 valence electrons. The van der Waals surface area contributed by atoms with Crippen LogP contribution in [0.2, 0.25) is 0 Å². The van der Waals surface area contributed by atoms with Gasteiger partial charge in [0.1, 0.15) is 6.29 Å². The SMILES string of the molecule is CC=CC(=CC)C1(CC=O)CC1. The Labute approximate surface area is 74.2 Å². The summed E-state index contributed by atoms with van der Waals surface area (Å²) < 4.78 is 0. The molecule has 0 spiro atoms. The third-order valence-electron chi connectivity index (χ3n) is 2.60. The van der Waals surface area contributed by atoms with Crippen molar-refractivity contribution < 1.29 is 4.79 Å². The van der Waals surface area contributed by atoms with Gasteiger partial charge >= 0.3 is 0 Å². The molecule has 12 heavy (non-hydrogen) atoms. The molecular weight excluding hydrogens is 148 g/mol. The highest BCUT2D eigenvalue weighted by Gasteiger charge is 2.43. The van der Waals surface area contributed by atoms with Crippen LogP contribution in [-0.2, 0) is 4.79 Å². The second-order valence-corrected chi connectivity index (χ2v) is 3.40. The lowest BCUT2D eigenvalue weighted by atomic mass is 9.92. The van der Waals surface area contributed by atoms with Crippen molar-refractivity contribution in [2.45, 2.75) is 33.1 Å². The first kappa shape index (κ1) is 9.24. The van der Waals surface area contributed by atoms with Crippen molar-refractivity contribution in [1.82, 2.24) is 0 Å². The molecule has 1 heteroatoms. The number of carbonyl (C=O) groups excluding carboxylic acids is 1. The largest absolute Gasteiger partial charge is 0.303 e. The molecule has 0 aromatic heterocycles. The molecule has 1 fully saturated rings. The Morgan fingerprint density at radius 3 is 2.42 bits per heavy atom. The van der Waals surface area contributed by atoms with Gasteiger partial charge in [0.25, 0.3) is 0 Å². The first-order valence-electron chi connectivity index (χ1n) is 4.52. The average molecular weight is 164 g/mol. The zero-order valence-electron chi connectivity index (χ0n) is 7.84. The van der Waals surface area contributed by atoms with E-state index in [1.807, 2.05) is 19.9 Å². The smallest absolute Gasteiger partial charge is 0.120 e. The summed E-state index contributed by atoms with van der Waals surface area (Å²) in [5.41, 5.74) is 1.56. The zero-order chi connectivity index (χ0) is 9.03. The van der Waals surface area contributed by atoms with E-state index >= 15 is 0 Å². The second-order valence-electron chi connectivity index (χ2n) is 3.40. The highest BCUT2D eigenvalue weighted by Crippen LogP contribution is 2.54. The number of aldehydes is 1. The Morgan fingerprint density at radius 1 is 1.42 bits per heavy atom. The van der Waals surface area contributed by atoms with Gasteiger partial charge in [-0.25, -0.2) is 0 Å². The van der Waals surface area contributed by atoms with Gasteiger partial charge in [-0.05, 0) is 32.3 Å². The van der Waals surface area contributed by atoms with Crippen LogP contribution in [-0.4, -0.2) is 6.29 Å². The van der Waals surface area contributed by atoms with Crippen LogP contribution in [0.4, 0.5) is 0 Å². The fourth-order valence-electron chi connectivity index (χ4n) is 1.68. The Balaban J connectivity index is 2.72. The second kappa shape index (κ2) is 3.70. The minimum absolute atomic E-state index is 0.225. The van der Waals surface area contributed by atoms with E-state index in [0.717, 1.165) is 6.29 Å². The topological polar surface area (TPSA) is 17.1 Å². The van der Waals surface area contributed by atoms with Crippen LogP contribution in [0.1, 0.15) is 33.1 Å². The molecule has 0 N–H and O–H groups in total. The third kappa shape index (κ3) is 1.66. The maximum atomic E-state index is 10.4. The van der Waals surface area contributed by atoms with Crippen LogP contribution in [0.15, 0.2) is 23.8 Å². The highest BCUT2D eigenvalue weighted by atomic mass is 16.1. The first-order valence-corrected chi connectivity index (χ1v) is 4.52. The Bertz CT molecular complexity index is 219. The Morgan fingerprint density at radius 2 is 2.08 bits per heavy atom. The van der Waals surface area contributed by atoms with Crippen molar-refractivity contribution in [3.63, 3.8) is 0 Å². The molecule has 1 aliphatic carbocycles. The molecule has 0 radical (unpaired) electrons. The zero-order valence-corrected chi connectivity index (χ0v) is 7.84. The molecule has 1 saturated carbocycles. The van der Waals surface area contributed by atoms with Crippen molar-refractivity contribution >= 4 is 6.29 Å². The summed E-state index contributed by atoms with van der Waals surface area (Å²) in [5, 5.41) is 0. The maximum absolute atomic E-state index is 10.4. The Kier molecular flexibility index (Phi) is 2.85. The number of hydrogen-bond donors (Lipinski definition) is 0. The van der Waals surface area contributed by atoms with Crippen molar-refractivity contribution in [1.29, 1.82) is 0 Å². The number of hydrogen-bond acceptors (Lipinski definition) is 1. The molecule has 0 aromatic rings. The van der Waals surface area contributed by atoms with Crippen molar-refractivity contribution in [3.8, 4) is 0 Å². The van der Waals surface area contributed by atoms with Gasteiger partial charge in [0.05, 0.1) is 0 Å². The van der Waals surface area contributed by atoms with Gasteiger partial charge in [-0.15, -0.1) is 0 Å². The minimum Gasteiger partial charge on any atom is -0.303 e. The molecule has 1 rings (SSSR count). The summed E-state index contributed by atoms with van der Waals surface area (Å²) in [6.45, 7) is 4.06. The van der Waals surface area contributed by atoms with Gasteiger partial charge in [0.2, 0.25) is 0 Å². The van der Waals surface area contributed by atoms with Crippen LogP contribution in [0.25, 0.3) is 0 Å². The summed E-state index contributed by atoms with van der Waals surface area (Å²) in [6, 6.07) is 0. The van der Waals surface area contributed by atoms with E-state index in [2.05, 4.69) is 12.2 Å². The fourth-order valence-corrected chi connectivity index (χ4v) is 1.68. The number of rotatable bonds is 4. The predicted octanol–water partition coefficient (Wildman–Crippen LogP) is 2.88.